The van der Waals surface area contributed by atoms with Crippen molar-refractivity contribution < 1.29 is 13.2 Å². The second kappa shape index (κ2) is 7.94. The summed E-state index contributed by atoms with van der Waals surface area (Å²) in [7, 11) is -3.92. The van der Waals surface area contributed by atoms with Gasteiger partial charge < -0.3 is 0 Å². The highest BCUT2D eigenvalue weighted by molar-refractivity contribution is 7.92. The Labute approximate surface area is 193 Å². The summed E-state index contributed by atoms with van der Waals surface area (Å²) in [5, 5.41) is 1.01. The number of nitrogens with zero attached hydrogens (tertiary/aromatic N) is 1. The Balaban J connectivity index is 1.68. The lowest BCUT2D eigenvalue weighted by Crippen LogP contribution is -2.21. The van der Waals surface area contributed by atoms with Crippen molar-refractivity contribution in [3.8, 4) is 0 Å². The summed E-state index contributed by atoms with van der Waals surface area (Å²) < 4.78 is 27.9. The average Bonchev–Trinajstić information content (AvgIpc) is 2.98. The number of carbonyl (C=O) groups excluding carboxylic acids is 1. The molecular formula is C20H12Cl4N2O3S. The van der Waals surface area contributed by atoms with Crippen molar-refractivity contribution >= 4 is 79.4 Å². The van der Waals surface area contributed by atoms with Crippen molar-refractivity contribution in [1.82, 2.24) is 0 Å². The molecule has 3 aromatic carbocycles. The monoisotopic (exact) mass is 500 g/mol. The van der Waals surface area contributed by atoms with Gasteiger partial charge in [-0.2, -0.15) is 0 Å². The van der Waals surface area contributed by atoms with Crippen LogP contribution >= 0.6 is 46.4 Å². The third kappa shape index (κ3) is 3.98. The van der Waals surface area contributed by atoms with Gasteiger partial charge in [-0.05, 0) is 54.1 Å². The van der Waals surface area contributed by atoms with E-state index in [1.165, 1.54) is 23.1 Å². The fraction of sp³-hybridized carbons (Fsp3) is 0.0500. The summed E-state index contributed by atoms with van der Waals surface area (Å²) in [5.74, 6) is -0.198. The lowest BCUT2D eigenvalue weighted by molar-refractivity contribution is -0.116. The normalized spacial score (nSPS) is 13.5. The number of amides is 1. The maximum absolute atomic E-state index is 12.7. The van der Waals surface area contributed by atoms with E-state index in [2.05, 4.69) is 4.72 Å². The molecule has 0 aromatic heterocycles. The SMILES string of the molecule is O=C1Cc2cc(NS(=O)(=O)c3cc(Cl)cc(Cl)c3)ccc2N1c1cccc(Cl)c1Cl. The first-order chi connectivity index (χ1) is 14.2. The molecule has 0 saturated carbocycles. The van der Waals surface area contributed by atoms with Crippen molar-refractivity contribution in [2.75, 3.05) is 9.62 Å². The Kier molecular flexibility index (Phi) is 5.64. The molecule has 154 valence electrons. The predicted molar refractivity (Wildman–Crippen MR) is 121 cm³/mol. The second-order valence-corrected chi connectivity index (χ2v) is 9.87. The van der Waals surface area contributed by atoms with Crippen molar-refractivity contribution in [3.63, 3.8) is 0 Å². The molecule has 0 bridgehead atoms. The van der Waals surface area contributed by atoms with Gasteiger partial charge in [-0.3, -0.25) is 14.4 Å². The third-order valence-electron chi connectivity index (χ3n) is 4.48. The number of benzene rings is 3. The van der Waals surface area contributed by atoms with Crippen molar-refractivity contribution in [1.29, 1.82) is 0 Å². The lowest BCUT2D eigenvalue weighted by atomic mass is 10.1. The van der Waals surface area contributed by atoms with E-state index in [0.29, 0.717) is 27.6 Å². The van der Waals surface area contributed by atoms with Gasteiger partial charge in [-0.25, -0.2) is 8.42 Å². The van der Waals surface area contributed by atoms with Crippen molar-refractivity contribution in [2.45, 2.75) is 11.3 Å². The molecule has 10 heteroatoms. The fourth-order valence-corrected chi connectivity index (χ4v) is 5.37. The number of fused-ring (bicyclic) bond motifs is 1. The van der Waals surface area contributed by atoms with Crippen LogP contribution in [0.25, 0.3) is 0 Å². The summed E-state index contributed by atoms with van der Waals surface area (Å²) in [5.41, 5.74) is 2.03. The van der Waals surface area contributed by atoms with Crippen LogP contribution in [0.1, 0.15) is 5.56 Å². The minimum atomic E-state index is -3.92. The number of nitrogens with one attached hydrogen (secondary N) is 1. The number of rotatable bonds is 4. The van der Waals surface area contributed by atoms with Crippen LogP contribution in [0.4, 0.5) is 17.1 Å². The molecule has 1 aliphatic rings. The van der Waals surface area contributed by atoms with Crippen LogP contribution in [0.5, 0.6) is 0 Å². The molecular weight excluding hydrogens is 490 g/mol. The van der Waals surface area contributed by atoms with Gasteiger partial charge in [-0.15, -0.1) is 0 Å². The molecule has 0 atom stereocenters. The summed E-state index contributed by atoms with van der Waals surface area (Å²) in [6.45, 7) is 0. The molecule has 30 heavy (non-hydrogen) atoms. The number of carbonyl (C=O) groups is 1. The maximum Gasteiger partial charge on any atom is 0.261 e. The molecule has 0 spiro atoms. The summed E-state index contributed by atoms with van der Waals surface area (Å²) in [6.07, 6.45) is 0.0940. The van der Waals surface area contributed by atoms with E-state index in [0.717, 1.165) is 0 Å². The zero-order valence-electron chi connectivity index (χ0n) is 15.0. The predicted octanol–water partition coefficient (Wildman–Crippen LogP) is 6.32. The first-order valence-corrected chi connectivity index (χ1v) is 11.5. The van der Waals surface area contributed by atoms with Crippen LogP contribution in [-0.4, -0.2) is 14.3 Å². The van der Waals surface area contributed by atoms with Gasteiger partial charge in [0.1, 0.15) is 0 Å². The first kappa shape index (κ1) is 21.3. The molecule has 1 aliphatic heterocycles. The van der Waals surface area contributed by atoms with E-state index >= 15 is 0 Å². The maximum atomic E-state index is 12.7. The van der Waals surface area contributed by atoms with Crippen molar-refractivity contribution in [3.05, 3.63) is 80.3 Å². The largest absolute Gasteiger partial charge is 0.280 e. The van der Waals surface area contributed by atoms with E-state index in [1.54, 1.807) is 36.4 Å². The van der Waals surface area contributed by atoms with E-state index in [9.17, 15) is 13.2 Å². The number of anilines is 3. The van der Waals surface area contributed by atoms with Gasteiger partial charge >= 0.3 is 0 Å². The Morgan fingerprint density at radius 1 is 0.867 bits per heavy atom. The van der Waals surface area contributed by atoms with E-state index in [1.807, 2.05) is 0 Å². The van der Waals surface area contributed by atoms with Gasteiger partial charge in [0.2, 0.25) is 5.91 Å². The molecule has 1 amide bonds. The van der Waals surface area contributed by atoms with Crippen molar-refractivity contribution in [2.24, 2.45) is 0 Å². The summed E-state index contributed by atoms with van der Waals surface area (Å²) >= 11 is 24.2. The number of hydrogen-bond acceptors (Lipinski definition) is 3. The molecule has 0 radical (unpaired) electrons. The fourth-order valence-electron chi connectivity index (χ4n) is 3.21. The highest BCUT2D eigenvalue weighted by atomic mass is 35.5. The molecule has 4 rings (SSSR count). The molecule has 3 aromatic rings. The highest BCUT2D eigenvalue weighted by Crippen LogP contribution is 2.42. The zero-order chi connectivity index (χ0) is 21.6. The Morgan fingerprint density at radius 2 is 1.57 bits per heavy atom. The van der Waals surface area contributed by atoms with E-state index in [-0.39, 0.29) is 32.3 Å². The highest BCUT2D eigenvalue weighted by Gasteiger charge is 2.31. The Morgan fingerprint density at radius 3 is 2.27 bits per heavy atom. The van der Waals surface area contributed by atoms with Gasteiger partial charge in [-0.1, -0.05) is 52.5 Å². The Hall–Kier alpha value is -1.96. The topological polar surface area (TPSA) is 66.5 Å². The van der Waals surface area contributed by atoms with Crippen LogP contribution in [-0.2, 0) is 21.2 Å². The number of sulfonamides is 1. The summed E-state index contributed by atoms with van der Waals surface area (Å²) in [6, 6.07) is 13.9. The standard InChI is InChI=1S/C20H12Cl4N2O3S/c21-12-8-13(22)10-15(9-12)30(28,29)25-14-4-5-17-11(6-14)7-19(27)26(17)18-3-1-2-16(23)20(18)24/h1-6,8-10,25H,7H2. The van der Waals surface area contributed by atoms with Crippen LogP contribution in [0.15, 0.2) is 59.5 Å². The Bertz CT molecular complexity index is 1270. The molecule has 5 nitrogen and oxygen atoms in total. The lowest BCUT2D eigenvalue weighted by Gasteiger charge is -2.20. The van der Waals surface area contributed by atoms with E-state index < -0.39 is 10.0 Å². The number of hydrogen-bond donors (Lipinski definition) is 1. The van der Waals surface area contributed by atoms with Gasteiger partial charge in [0.25, 0.3) is 10.0 Å². The van der Waals surface area contributed by atoms with Crippen LogP contribution in [0.3, 0.4) is 0 Å². The third-order valence-corrected chi connectivity index (χ3v) is 7.09. The van der Waals surface area contributed by atoms with Crippen LogP contribution < -0.4 is 9.62 Å². The molecule has 1 N–H and O–H groups in total. The van der Waals surface area contributed by atoms with Gasteiger partial charge in [0.15, 0.2) is 0 Å². The van der Waals surface area contributed by atoms with Crippen LogP contribution in [0, 0.1) is 0 Å². The minimum Gasteiger partial charge on any atom is -0.280 e. The second-order valence-electron chi connectivity index (χ2n) is 6.53. The minimum absolute atomic E-state index is 0.0658. The smallest absolute Gasteiger partial charge is 0.261 e. The summed E-state index contributed by atoms with van der Waals surface area (Å²) in [4.78, 5) is 14.0. The zero-order valence-corrected chi connectivity index (χ0v) is 18.8. The quantitative estimate of drug-likeness (QED) is 0.454. The molecule has 0 unspecified atom stereocenters. The van der Waals surface area contributed by atoms with E-state index in [4.69, 9.17) is 46.4 Å². The first-order valence-electron chi connectivity index (χ1n) is 8.54. The van der Waals surface area contributed by atoms with Gasteiger partial charge in [0.05, 0.1) is 32.7 Å². The van der Waals surface area contributed by atoms with Crippen LogP contribution in [0.2, 0.25) is 20.1 Å². The number of halogens is 4. The average molecular weight is 502 g/mol. The molecule has 1 heterocycles. The van der Waals surface area contributed by atoms with Gasteiger partial charge in [0, 0.05) is 15.7 Å². The molecule has 0 saturated heterocycles. The molecule has 0 aliphatic carbocycles. The molecule has 0 fully saturated rings.